The maximum Gasteiger partial charge on any atom is 0.327 e. The molecule has 1 aliphatic heterocycles. The van der Waals surface area contributed by atoms with Gasteiger partial charge in [-0.25, -0.2) is 23.7 Å². The molecule has 23 heteroatoms. The minimum Gasteiger partial charge on any atom is -0.364 e. The normalized spacial score (nSPS) is 28.0. The Morgan fingerprint density at radius 3 is 2.76 bits per heavy atom. The number of anilines is 2. The average molecular weight is 776 g/mol. The highest BCUT2D eigenvalue weighted by atomic mass is 32.5. The van der Waals surface area contributed by atoms with Gasteiger partial charge in [0.15, 0.2) is 23.6 Å². The van der Waals surface area contributed by atoms with Gasteiger partial charge >= 0.3 is 15.0 Å². The van der Waals surface area contributed by atoms with Crippen molar-refractivity contribution >= 4 is 55.6 Å². The van der Waals surface area contributed by atoms with Crippen LogP contribution in [0.25, 0.3) is 11.2 Å². The van der Waals surface area contributed by atoms with Gasteiger partial charge in [0.05, 0.1) is 44.2 Å². The number of aromatic amines is 1. The predicted molar refractivity (Wildman–Crippen MR) is 181 cm³/mol. The Kier molecular flexibility index (Phi) is 13.0. The van der Waals surface area contributed by atoms with Gasteiger partial charge in [0.1, 0.15) is 30.5 Å². The molecule has 4 heterocycles. The summed E-state index contributed by atoms with van der Waals surface area (Å²) in [6, 6.07) is 2.52. The number of rotatable bonds is 16. The van der Waals surface area contributed by atoms with Crippen molar-refractivity contribution in [2.75, 3.05) is 23.8 Å². The number of imidazole rings is 1. The number of hydrogen-bond acceptors (Lipinski definition) is 15. The molecule has 0 spiro atoms. The van der Waals surface area contributed by atoms with Gasteiger partial charge < -0.3 is 28.5 Å². The molecule has 3 aromatic rings. The minimum absolute atomic E-state index is 0.0360. The van der Waals surface area contributed by atoms with Crippen LogP contribution in [0.1, 0.15) is 46.3 Å². The molecule has 0 aromatic carbocycles. The fraction of sp³-hybridized carbons (Fsp3) is 0.607. The van der Waals surface area contributed by atoms with Gasteiger partial charge in [-0.1, -0.05) is 20.8 Å². The van der Waals surface area contributed by atoms with Gasteiger partial charge in [-0.3, -0.25) is 33.5 Å². The summed E-state index contributed by atoms with van der Waals surface area (Å²) in [5.74, 6) is -1.56. The fourth-order valence-corrected chi connectivity index (χ4v) is 8.31. The van der Waals surface area contributed by atoms with E-state index in [2.05, 4.69) is 35.6 Å². The van der Waals surface area contributed by atoms with E-state index in [-0.39, 0.29) is 43.0 Å². The van der Waals surface area contributed by atoms with Crippen molar-refractivity contribution in [2.24, 2.45) is 11.8 Å². The third kappa shape index (κ3) is 9.20. The molecule has 278 valence electrons. The molecule has 18 nitrogen and oxygen atoms in total. The zero-order chi connectivity index (χ0) is 36.9. The molecule has 5 rings (SSSR count). The first kappa shape index (κ1) is 38.9. The van der Waals surface area contributed by atoms with Crippen molar-refractivity contribution in [1.82, 2.24) is 29.5 Å². The predicted octanol–water partition coefficient (Wildman–Crippen LogP) is 3.31. The van der Waals surface area contributed by atoms with Crippen LogP contribution in [0.3, 0.4) is 0 Å². The van der Waals surface area contributed by atoms with Crippen molar-refractivity contribution in [3.05, 3.63) is 35.3 Å². The second-order valence-corrected chi connectivity index (χ2v) is 15.7. The minimum atomic E-state index is -4.01. The van der Waals surface area contributed by atoms with Crippen LogP contribution in [0.2, 0.25) is 0 Å². The quantitative estimate of drug-likeness (QED) is 0.121. The first-order valence-corrected chi connectivity index (χ1v) is 19.7. The molecule has 1 saturated heterocycles. The Morgan fingerprint density at radius 1 is 1.31 bits per heavy atom. The van der Waals surface area contributed by atoms with Crippen LogP contribution in [0.5, 0.6) is 0 Å². The van der Waals surface area contributed by atoms with E-state index in [1.807, 2.05) is 6.07 Å². The van der Waals surface area contributed by atoms with Crippen molar-refractivity contribution in [3.63, 3.8) is 0 Å². The monoisotopic (exact) mass is 775 g/mol. The third-order valence-electron chi connectivity index (χ3n) is 8.17. The summed E-state index contributed by atoms with van der Waals surface area (Å²) < 4.78 is 73.7. The highest BCUT2D eigenvalue weighted by Crippen LogP contribution is 2.56. The summed E-state index contributed by atoms with van der Waals surface area (Å²) >= 11 is 5.69. The van der Waals surface area contributed by atoms with Crippen LogP contribution in [-0.4, -0.2) is 90.2 Å². The summed E-state index contributed by atoms with van der Waals surface area (Å²) in [7, 11) is -3.59. The molecular weight excluding hydrogens is 738 g/mol. The number of alkyl halides is 2. The van der Waals surface area contributed by atoms with Crippen molar-refractivity contribution in [2.45, 2.75) is 83.0 Å². The fourth-order valence-electron chi connectivity index (χ4n) is 5.65. The van der Waals surface area contributed by atoms with E-state index < -0.39 is 87.8 Å². The lowest BCUT2D eigenvalue weighted by Gasteiger charge is -2.29. The average Bonchev–Trinajstić information content (AvgIpc) is 3.74. The molecule has 1 amide bonds. The molecule has 1 aliphatic carbocycles. The first-order valence-electron chi connectivity index (χ1n) is 15.9. The summed E-state index contributed by atoms with van der Waals surface area (Å²) in [6.45, 7) is 0.326. The van der Waals surface area contributed by atoms with Crippen molar-refractivity contribution in [1.29, 1.82) is 5.26 Å². The van der Waals surface area contributed by atoms with Gasteiger partial charge in [0, 0.05) is 18.0 Å². The van der Waals surface area contributed by atoms with Crippen molar-refractivity contribution in [3.8, 4) is 6.07 Å². The molecule has 2 unspecified atom stereocenters. The Bertz CT molecular complexity index is 1850. The highest BCUT2D eigenvalue weighted by molar-refractivity contribution is 8.07. The number of H-pyrrole nitrogens is 1. The number of halogens is 2. The van der Waals surface area contributed by atoms with E-state index in [0.717, 1.165) is 0 Å². The second-order valence-electron chi connectivity index (χ2n) is 12.0. The van der Waals surface area contributed by atoms with Crippen LogP contribution in [0.15, 0.2) is 29.7 Å². The number of carbonyl (C=O) groups excluding carboxylic acids is 1. The number of nitrogens with zero attached hydrogens (tertiary/aromatic N) is 6. The van der Waals surface area contributed by atoms with Crippen LogP contribution in [0.4, 0.5) is 20.5 Å². The number of ether oxygens (including phenoxy) is 1. The SMILES string of the molecule is CC[C@H]1O[C@@H](n2cnc3c(=O)[nH]c(NC(=O)C(C)C)nc32)[C@H](OP(=S)(OCCC#N)OC[C@H]2C[C@@H](Nc3ccncn3)[C@H](F)[C@@H]2O[PH](=O)O)[C@@H]1F. The Labute approximate surface area is 295 Å². The molecule has 2 fully saturated rings. The molecular formula is C28H37F2N9O9P2S. The topological polar surface area (TPSA) is 238 Å². The number of carbonyl (C=O) groups is 1. The van der Waals surface area contributed by atoms with E-state index >= 15 is 8.78 Å². The van der Waals surface area contributed by atoms with E-state index in [1.54, 1.807) is 20.8 Å². The Balaban J connectivity index is 1.42. The Morgan fingerprint density at radius 2 is 2.10 bits per heavy atom. The summed E-state index contributed by atoms with van der Waals surface area (Å²) in [4.78, 5) is 53.4. The maximum atomic E-state index is 16.1. The van der Waals surface area contributed by atoms with Crippen LogP contribution in [-0.2, 0) is 44.0 Å². The zero-order valence-electron chi connectivity index (χ0n) is 27.5. The lowest BCUT2D eigenvalue weighted by molar-refractivity contribution is -0.118. The van der Waals surface area contributed by atoms with E-state index in [0.29, 0.717) is 5.82 Å². The van der Waals surface area contributed by atoms with Gasteiger partial charge in [-0.05, 0) is 30.7 Å². The first-order chi connectivity index (χ1) is 24.3. The van der Waals surface area contributed by atoms with Gasteiger partial charge in [0.2, 0.25) is 11.9 Å². The van der Waals surface area contributed by atoms with Gasteiger partial charge in [-0.2, -0.15) is 10.2 Å². The molecule has 2 aliphatic rings. The highest BCUT2D eigenvalue weighted by Gasteiger charge is 2.51. The molecule has 0 bridgehead atoms. The molecule has 51 heavy (non-hydrogen) atoms. The number of hydrogen-bond donors (Lipinski definition) is 4. The number of amides is 1. The van der Waals surface area contributed by atoms with E-state index in [1.165, 1.54) is 29.5 Å². The number of aromatic nitrogens is 6. The van der Waals surface area contributed by atoms with E-state index in [9.17, 15) is 19.0 Å². The smallest absolute Gasteiger partial charge is 0.327 e. The number of nitrogens with one attached hydrogen (secondary N) is 3. The molecule has 4 N–H and O–H groups in total. The van der Waals surface area contributed by atoms with Crippen molar-refractivity contribution < 1.29 is 45.9 Å². The largest absolute Gasteiger partial charge is 0.364 e. The zero-order valence-corrected chi connectivity index (χ0v) is 30.3. The maximum absolute atomic E-state index is 16.1. The lowest BCUT2D eigenvalue weighted by atomic mass is 10.1. The third-order valence-corrected chi connectivity index (χ3v) is 11.0. The van der Waals surface area contributed by atoms with Crippen LogP contribution >= 0.6 is 15.0 Å². The van der Waals surface area contributed by atoms with Crippen LogP contribution < -0.4 is 16.2 Å². The number of fused-ring (bicyclic) bond motifs is 1. The molecule has 0 radical (unpaired) electrons. The van der Waals surface area contributed by atoms with Gasteiger partial charge in [-0.15, -0.1) is 0 Å². The second kappa shape index (κ2) is 17.0. The standard InChI is InChI=1S/C28H37F2N9O9P2S/c1-4-17-20(30)23(27(46-17)39-13-34-21-24(39)36-28(38-26(21)41)37-25(40)14(2)3)48-50(51,44-9-5-7-31)45-11-15-10-16(19(29)22(15)47-49(42)43)35-18-6-8-32-12-33-18/h6,8,12-17,19-20,22-23,27,49H,4-5,9-11H2,1-3H3,(H,42,43)(H,32,33,35)(H2,36,37,38,40,41)/t15-,16-,17-,19+,20-,22-,23-,27-,50?/m1/s1. The van der Waals surface area contributed by atoms with Crippen LogP contribution in [0, 0.1) is 23.2 Å². The lowest BCUT2D eigenvalue weighted by Crippen LogP contribution is -2.33. The Hall–Kier alpha value is -3.31. The van der Waals surface area contributed by atoms with Gasteiger partial charge in [0.25, 0.3) is 5.56 Å². The molecule has 3 aromatic heterocycles. The summed E-state index contributed by atoms with van der Waals surface area (Å²) in [5.41, 5.74) is -0.859. The molecule has 10 atom stereocenters. The summed E-state index contributed by atoms with van der Waals surface area (Å²) in [6.07, 6.45) is -4.82. The number of nitriles is 1. The summed E-state index contributed by atoms with van der Waals surface area (Å²) in [5, 5.41) is 14.6. The molecule has 1 saturated carbocycles. The van der Waals surface area contributed by atoms with E-state index in [4.69, 9.17) is 39.9 Å².